The van der Waals surface area contributed by atoms with Crippen molar-refractivity contribution in [2.75, 3.05) is 36.5 Å². The van der Waals surface area contributed by atoms with Crippen molar-refractivity contribution in [3.8, 4) is 0 Å². The molecule has 0 radical (unpaired) electrons. The van der Waals surface area contributed by atoms with E-state index >= 15 is 0 Å². The molecule has 1 aliphatic heterocycles. The molecule has 0 unspecified atom stereocenters. The van der Waals surface area contributed by atoms with Gasteiger partial charge in [-0.25, -0.2) is 4.98 Å². The predicted octanol–water partition coefficient (Wildman–Crippen LogP) is 2.23. The Morgan fingerprint density at radius 2 is 1.90 bits per heavy atom. The summed E-state index contributed by atoms with van der Waals surface area (Å²) in [6.07, 6.45) is 1.80. The van der Waals surface area contributed by atoms with Crippen molar-refractivity contribution >= 4 is 11.8 Å². The van der Waals surface area contributed by atoms with Gasteiger partial charge in [0.15, 0.2) is 0 Å². The first kappa shape index (κ1) is 13.8. The molecule has 0 bridgehead atoms. The molecule has 3 rings (SSSR count). The van der Waals surface area contributed by atoms with Crippen LogP contribution in [0, 0.1) is 6.92 Å². The van der Waals surface area contributed by atoms with Crippen molar-refractivity contribution < 1.29 is 4.74 Å². The maximum absolute atomic E-state index is 5.37. The summed E-state index contributed by atoms with van der Waals surface area (Å²) in [6.45, 7) is 6.11. The fourth-order valence-electron chi connectivity index (χ4n) is 2.29. The summed E-state index contributed by atoms with van der Waals surface area (Å²) < 4.78 is 5.37. The molecule has 21 heavy (non-hydrogen) atoms. The third kappa shape index (κ3) is 3.70. The van der Waals surface area contributed by atoms with E-state index in [0.717, 1.165) is 38.7 Å². The molecule has 1 N–H and O–H groups in total. The molecule has 1 aromatic carbocycles. The highest BCUT2D eigenvalue weighted by Gasteiger charge is 2.12. The van der Waals surface area contributed by atoms with E-state index in [9.17, 15) is 0 Å². The van der Waals surface area contributed by atoms with E-state index in [1.807, 2.05) is 6.07 Å². The van der Waals surface area contributed by atoms with Gasteiger partial charge in [0.1, 0.15) is 5.82 Å². The van der Waals surface area contributed by atoms with Crippen LogP contribution >= 0.6 is 0 Å². The number of aryl methyl sites for hydroxylation is 1. The van der Waals surface area contributed by atoms with Gasteiger partial charge in [-0.2, -0.15) is 4.98 Å². The second kappa shape index (κ2) is 6.54. The fourth-order valence-corrected chi connectivity index (χ4v) is 2.29. The summed E-state index contributed by atoms with van der Waals surface area (Å²) in [5, 5.41) is 3.28. The van der Waals surface area contributed by atoms with E-state index < -0.39 is 0 Å². The SMILES string of the molecule is Cc1ccc(CNc2nccc(N3CCOCC3)n2)cc1. The van der Waals surface area contributed by atoms with Crippen LogP contribution in [-0.2, 0) is 11.3 Å². The van der Waals surface area contributed by atoms with Crippen LogP contribution in [-0.4, -0.2) is 36.3 Å². The average Bonchev–Trinajstić information content (AvgIpc) is 2.55. The van der Waals surface area contributed by atoms with Crippen molar-refractivity contribution in [3.05, 3.63) is 47.7 Å². The first-order valence-electron chi connectivity index (χ1n) is 7.26. The molecule has 2 heterocycles. The average molecular weight is 284 g/mol. The van der Waals surface area contributed by atoms with E-state index in [0.29, 0.717) is 5.95 Å². The molecule has 110 valence electrons. The lowest BCUT2D eigenvalue weighted by Crippen LogP contribution is -2.36. The van der Waals surface area contributed by atoms with Crippen LogP contribution < -0.4 is 10.2 Å². The van der Waals surface area contributed by atoms with Crippen LogP contribution in [0.1, 0.15) is 11.1 Å². The predicted molar refractivity (Wildman–Crippen MR) is 83.6 cm³/mol. The molecule has 1 aromatic heterocycles. The number of hydrogen-bond acceptors (Lipinski definition) is 5. The number of anilines is 2. The van der Waals surface area contributed by atoms with Gasteiger partial charge in [0.25, 0.3) is 0 Å². The molecule has 5 heteroatoms. The molecule has 1 aliphatic rings. The Bertz CT molecular complexity index is 579. The van der Waals surface area contributed by atoms with Gasteiger partial charge in [0, 0.05) is 25.8 Å². The van der Waals surface area contributed by atoms with Crippen LogP contribution in [0.3, 0.4) is 0 Å². The summed E-state index contributed by atoms with van der Waals surface area (Å²) in [4.78, 5) is 11.1. The molecule has 0 amide bonds. The Labute approximate surface area is 125 Å². The van der Waals surface area contributed by atoms with Crippen molar-refractivity contribution in [2.45, 2.75) is 13.5 Å². The zero-order chi connectivity index (χ0) is 14.5. The quantitative estimate of drug-likeness (QED) is 0.933. The topological polar surface area (TPSA) is 50.3 Å². The molecule has 2 aromatic rings. The third-order valence-corrected chi connectivity index (χ3v) is 3.55. The lowest BCUT2D eigenvalue weighted by molar-refractivity contribution is 0.122. The van der Waals surface area contributed by atoms with Crippen molar-refractivity contribution in [2.24, 2.45) is 0 Å². The van der Waals surface area contributed by atoms with Crippen molar-refractivity contribution in [1.29, 1.82) is 0 Å². The number of hydrogen-bond donors (Lipinski definition) is 1. The lowest BCUT2D eigenvalue weighted by atomic mass is 10.1. The van der Waals surface area contributed by atoms with Crippen molar-refractivity contribution in [3.63, 3.8) is 0 Å². The second-order valence-electron chi connectivity index (χ2n) is 5.18. The van der Waals surface area contributed by atoms with Gasteiger partial charge in [-0.1, -0.05) is 29.8 Å². The highest BCUT2D eigenvalue weighted by molar-refractivity contribution is 5.43. The van der Waals surface area contributed by atoms with Crippen LogP contribution in [0.5, 0.6) is 0 Å². The molecule has 1 saturated heterocycles. The monoisotopic (exact) mass is 284 g/mol. The first-order valence-corrected chi connectivity index (χ1v) is 7.26. The van der Waals surface area contributed by atoms with Gasteiger partial charge in [-0.3, -0.25) is 0 Å². The van der Waals surface area contributed by atoms with E-state index in [2.05, 4.69) is 51.4 Å². The standard InChI is InChI=1S/C16H20N4O/c1-13-2-4-14(5-3-13)12-18-16-17-7-6-15(19-16)20-8-10-21-11-9-20/h2-7H,8-12H2,1H3,(H,17,18,19). The molecular formula is C16H20N4O. The molecule has 5 nitrogen and oxygen atoms in total. The van der Waals surface area contributed by atoms with E-state index in [1.165, 1.54) is 11.1 Å². The Morgan fingerprint density at radius 1 is 1.14 bits per heavy atom. The van der Waals surface area contributed by atoms with Gasteiger partial charge in [0.05, 0.1) is 13.2 Å². The zero-order valence-corrected chi connectivity index (χ0v) is 12.2. The first-order chi connectivity index (χ1) is 10.3. The van der Waals surface area contributed by atoms with E-state index in [1.54, 1.807) is 6.20 Å². The van der Waals surface area contributed by atoms with Gasteiger partial charge >= 0.3 is 0 Å². The number of aromatic nitrogens is 2. The minimum Gasteiger partial charge on any atom is -0.378 e. The van der Waals surface area contributed by atoms with E-state index in [-0.39, 0.29) is 0 Å². The largest absolute Gasteiger partial charge is 0.378 e. The number of nitrogens with one attached hydrogen (secondary N) is 1. The van der Waals surface area contributed by atoms with Gasteiger partial charge in [-0.15, -0.1) is 0 Å². The highest BCUT2D eigenvalue weighted by Crippen LogP contribution is 2.14. The van der Waals surface area contributed by atoms with Crippen LogP contribution in [0.2, 0.25) is 0 Å². The Balaban J connectivity index is 1.64. The van der Waals surface area contributed by atoms with E-state index in [4.69, 9.17) is 4.74 Å². The van der Waals surface area contributed by atoms with Crippen molar-refractivity contribution in [1.82, 2.24) is 9.97 Å². The molecule has 0 saturated carbocycles. The maximum Gasteiger partial charge on any atom is 0.224 e. The zero-order valence-electron chi connectivity index (χ0n) is 12.2. The Hall–Kier alpha value is -2.14. The van der Waals surface area contributed by atoms with Gasteiger partial charge < -0.3 is 15.0 Å². The molecule has 0 spiro atoms. The third-order valence-electron chi connectivity index (χ3n) is 3.55. The molecule has 1 fully saturated rings. The highest BCUT2D eigenvalue weighted by atomic mass is 16.5. The number of morpholine rings is 1. The normalized spacial score (nSPS) is 15.0. The minimum absolute atomic E-state index is 0.666. The molecule has 0 aliphatic carbocycles. The summed E-state index contributed by atoms with van der Waals surface area (Å²) in [5.74, 6) is 1.62. The molecular weight excluding hydrogens is 264 g/mol. The summed E-state index contributed by atoms with van der Waals surface area (Å²) in [6, 6.07) is 10.4. The van der Waals surface area contributed by atoms with Gasteiger partial charge in [-0.05, 0) is 18.6 Å². The Morgan fingerprint density at radius 3 is 2.67 bits per heavy atom. The van der Waals surface area contributed by atoms with Crippen LogP contribution in [0.4, 0.5) is 11.8 Å². The van der Waals surface area contributed by atoms with Crippen LogP contribution in [0.25, 0.3) is 0 Å². The number of benzene rings is 1. The number of ether oxygens (including phenoxy) is 1. The fraction of sp³-hybridized carbons (Fsp3) is 0.375. The van der Waals surface area contributed by atoms with Crippen LogP contribution in [0.15, 0.2) is 36.5 Å². The van der Waals surface area contributed by atoms with Gasteiger partial charge in [0.2, 0.25) is 5.95 Å². The second-order valence-corrected chi connectivity index (χ2v) is 5.18. The molecule has 0 atom stereocenters. The summed E-state index contributed by atoms with van der Waals surface area (Å²) in [5.41, 5.74) is 2.49. The number of rotatable bonds is 4. The number of nitrogens with zero attached hydrogens (tertiary/aromatic N) is 3. The summed E-state index contributed by atoms with van der Waals surface area (Å²) >= 11 is 0. The smallest absolute Gasteiger partial charge is 0.224 e. The minimum atomic E-state index is 0.666. The lowest BCUT2D eigenvalue weighted by Gasteiger charge is -2.27. The maximum atomic E-state index is 5.37. The summed E-state index contributed by atoms with van der Waals surface area (Å²) in [7, 11) is 0. The Kier molecular flexibility index (Phi) is 4.31.